The summed E-state index contributed by atoms with van der Waals surface area (Å²) in [7, 11) is 0. The molecule has 0 radical (unpaired) electrons. The number of imide groups is 1. The highest BCUT2D eigenvalue weighted by atomic mass is 19.1. The first-order valence-electron chi connectivity index (χ1n) is 7.23. The van der Waals surface area contributed by atoms with Crippen molar-refractivity contribution in [3.63, 3.8) is 0 Å². The van der Waals surface area contributed by atoms with Crippen molar-refractivity contribution in [2.45, 2.75) is 0 Å². The van der Waals surface area contributed by atoms with Gasteiger partial charge in [0.1, 0.15) is 5.70 Å². The van der Waals surface area contributed by atoms with Crippen LogP contribution in [0.25, 0.3) is 0 Å². The fourth-order valence-corrected chi connectivity index (χ4v) is 2.40. The third-order valence-electron chi connectivity index (χ3n) is 3.61. The molecule has 1 aliphatic rings. The van der Waals surface area contributed by atoms with Gasteiger partial charge in [-0.05, 0) is 18.2 Å². The molecule has 2 aromatic carbocycles. The normalized spacial score (nSPS) is 13.8. The van der Waals surface area contributed by atoms with Gasteiger partial charge < -0.3 is 16.2 Å². The first-order valence-corrected chi connectivity index (χ1v) is 7.23. The quantitative estimate of drug-likeness (QED) is 0.567. The van der Waals surface area contributed by atoms with Crippen LogP contribution in [0.4, 0.5) is 20.2 Å². The number of nitrogens with zero attached hydrogens (tertiary/aromatic N) is 1. The van der Waals surface area contributed by atoms with Gasteiger partial charge in [-0.25, -0.2) is 13.7 Å². The lowest BCUT2D eigenvalue weighted by Gasteiger charge is -2.16. The number of carbonyl (C=O) groups excluding carboxylic acids is 3. The molecular weight excluding hydrogens is 348 g/mol. The molecule has 0 unspecified atom stereocenters. The van der Waals surface area contributed by atoms with Gasteiger partial charge in [0.25, 0.3) is 11.8 Å². The van der Waals surface area contributed by atoms with Crippen LogP contribution in [0.15, 0.2) is 48.2 Å². The molecule has 26 heavy (non-hydrogen) atoms. The molecule has 0 saturated carbocycles. The molecule has 0 atom stereocenters. The maximum absolute atomic E-state index is 13.4. The minimum absolute atomic E-state index is 0.104. The van der Waals surface area contributed by atoms with E-state index in [-0.39, 0.29) is 22.6 Å². The van der Waals surface area contributed by atoms with E-state index in [0.29, 0.717) is 0 Å². The standard InChI is InChI=1S/C17H11F2N3O4/c18-11-5-9(6-12(19)15(11)24)21-13-7-14(23)22(17(13)26)10-3-1-2-8(4-10)16(20)25/h1-7,21,24H,(H2,20,25). The Morgan fingerprint density at radius 3 is 2.38 bits per heavy atom. The Bertz CT molecular complexity index is 965. The van der Waals surface area contributed by atoms with E-state index >= 15 is 0 Å². The predicted molar refractivity (Wildman–Crippen MR) is 87.2 cm³/mol. The van der Waals surface area contributed by atoms with Gasteiger partial charge >= 0.3 is 0 Å². The zero-order valence-corrected chi connectivity index (χ0v) is 13.0. The van der Waals surface area contributed by atoms with Crippen LogP contribution in [-0.4, -0.2) is 22.8 Å². The molecule has 4 N–H and O–H groups in total. The van der Waals surface area contributed by atoms with E-state index in [1.807, 2.05) is 0 Å². The lowest BCUT2D eigenvalue weighted by Crippen LogP contribution is -2.32. The minimum Gasteiger partial charge on any atom is -0.503 e. The monoisotopic (exact) mass is 359 g/mol. The maximum atomic E-state index is 13.4. The smallest absolute Gasteiger partial charge is 0.281 e. The first kappa shape index (κ1) is 17.1. The molecule has 3 rings (SSSR count). The summed E-state index contributed by atoms with van der Waals surface area (Å²) < 4.78 is 26.8. The van der Waals surface area contributed by atoms with Crippen molar-refractivity contribution < 1.29 is 28.3 Å². The summed E-state index contributed by atoms with van der Waals surface area (Å²) >= 11 is 0. The van der Waals surface area contributed by atoms with E-state index < -0.39 is 35.1 Å². The van der Waals surface area contributed by atoms with Crippen molar-refractivity contribution in [1.29, 1.82) is 0 Å². The second-order valence-electron chi connectivity index (χ2n) is 5.36. The Balaban J connectivity index is 1.88. The zero-order valence-electron chi connectivity index (χ0n) is 13.0. The SMILES string of the molecule is NC(=O)c1cccc(N2C(=O)C=C(Nc3cc(F)c(O)c(F)c3)C2=O)c1. The minimum atomic E-state index is -1.23. The number of carbonyl (C=O) groups is 3. The molecule has 2 aromatic rings. The number of rotatable bonds is 4. The number of phenolic OH excluding ortho intramolecular Hbond substituents is 1. The van der Waals surface area contributed by atoms with Crippen molar-refractivity contribution >= 4 is 29.1 Å². The molecule has 0 bridgehead atoms. The van der Waals surface area contributed by atoms with Crippen LogP contribution in [0.5, 0.6) is 5.75 Å². The Hall–Kier alpha value is -3.75. The highest BCUT2D eigenvalue weighted by Crippen LogP contribution is 2.28. The van der Waals surface area contributed by atoms with Crippen LogP contribution < -0.4 is 16.0 Å². The number of halogens is 2. The second-order valence-corrected chi connectivity index (χ2v) is 5.36. The van der Waals surface area contributed by atoms with Crippen LogP contribution in [0.2, 0.25) is 0 Å². The fourth-order valence-electron chi connectivity index (χ4n) is 2.40. The molecular formula is C17H11F2N3O4. The van der Waals surface area contributed by atoms with Gasteiger partial charge in [0.05, 0.1) is 5.69 Å². The van der Waals surface area contributed by atoms with Crippen molar-refractivity contribution in [2.24, 2.45) is 5.73 Å². The number of phenols is 1. The van der Waals surface area contributed by atoms with E-state index in [1.165, 1.54) is 24.3 Å². The highest BCUT2D eigenvalue weighted by Gasteiger charge is 2.33. The molecule has 132 valence electrons. The Labute approximate surface area is 145 Å². The molecule has 1 heterocycles. The third-order valence-corrected chi connectivity index (χ3v) is 3.61. The van der Waals surface area contributed by atoms with Crippen LogP contribution in [0, 0.1) is 11.6 Å². The molecule has 1 aliphatic heterocycles. The number of anilines is 2. The number of aromatic hydroxyl groups is 1. The Morgan fingerprint density at radius 1 is 1.12 bits per heavy atom. The summed E-state index contributed by atoms with van der Waals surface area (Å²) in [5.41, 5.74) is 5.00. The van der Waals surface area contributed by atoms with Gasteiger partial charge in [-0.1, -0.05) is 6.07 Å². The molecule has 0 saturated heterocycles. The number of nitrogens with two attached hydrogens (primary N) is 1. The van der Waals surface area contributed by atoms with Gasteiger partial charge in [-0.3, -0.25) is 14.4 Å². The number of primary amides is 1. The van der Waals surface area contributed by atoms with Gasteiger partial charge in [-0.2, -0.15) is 0 Å². The largest absolute Gasteiger partial charge is 0.503 e. The molecule has 0 aliphatic carbocycles. The first-order chi connectivity index (χ1) is 12.3. The number of amides is 3. The predicted octanol–water partition coefficient (Wildman–Crippen LogP) is 1.64. The van der Waals surface area contributed by atoms with Crippen LogP contribution in [-0.2, 0) is 9.59 Å². The topological polar surface area (TPSA) is 113 Å². The summed E-state index contributed by atoms with van der Waals surface area (Å²) in [6.07, 6.45) is 0.946. The van der Waals surface area contributed by atoms with Gasteiger partial charge in [0.15, 0.2) is 17.4 Å². The van der Waals surface area contributed by atoms with E-state index in [2.05, 4.69) is 5.32 Å². The number of hydrogen-bond acceptors (Lipinski definition) is 5. The summed E-state index contributed by atoms with van der Waals surface area (Å²) in [4.78, 5) is 36.6. The van der Waals surface area contributed by atoms with E-state index in [4.69, 9.17) is 10.8 Å². The second kappa shape index (κ2) is 6.28. The summed E-state index contributed by atoms with van der Waals surface area (Å²) in [5.74, 6) is -5.83. The van der Waals surface area contributed by atoms with Crippen LogP contribution in [0.3, 0.4) is 0 Å². The fraction of sp³-hybridized carbons (Fsp3) is 0. The van der Waals surface area contributed by atoms with Gasteiger partial charge in [0.2, 0.25) is 5.91 Å². The summed E-state index contributed by atoms with van der Waals surface area (Å²) in [5, 5.41) is 11.5. The lowest BCUT2D eigenvalue weighted by atomic mass is 10.2. The molecule has 0 fully saturated rings. The molecule has 0 spiro atoms. The van der Waals surface area contributed by atoms with E-state index in [0.717, 1.165) is 23.1 Å². The molecule has 0 aromatic heterocycles. The average molecular weight is 359 g/mol. The summed E-state index contributed by atoms with van der Waals surface area (Å²) in [6.45, 7) is 0. The Kier molecular flexibility index (Phi) is 4.13. The van der Waals surface area contributed by atoms with Crippen molar-refractivity contribution in [3.05, 3.63) is 65.4 Å². The van der Waals surface area contributed by atoms with Crippen LogP contribution >= 0.6 is 0 Å². The number of hydrogen-bond donors (Lipinski definition) is 3. The number of nitrogens with one attached hydrogen (secondary N) is 1. The van der Waals surface area contributed by atoms with Crippen molar-refractivity contribution in [1.82, 2.24) is 0 Å². The number of benzene rings is 2. The Morgan fingerprint density at radius 2 is 1.77 bits per heavy atom. The third kappa shape index (κ3) is 2.97. The van der Waals surface area contributed by atoms with Crippen LogP contribution in [0.1, 0.15) is 10.4 Å². The van der Waals surface area contributed by atoms with E-state index in [9.17, 15) is 23.2 Å². The highest BCUT2D eigenvalue weighted by molar-refractivity contribution is 6.31. The molecule has 7 nitrogen and oxygen atoms in total. The maximum Gasteiger partial charge on any atom is 0.281 e. The average Bonchev–Trinajstić information content (AvgIpc) is 2.86. The van der Waals surface area contributed by atoms with Crippen molar-refractivity contribution in [2.75, 3.05) is 10.2 Å². The molecule has 3 amide bonds. The van der Waals surface area contributed by atoms with Crippen molar-refractivity contribution in [3.8, 4) is 5.75 Å². The zero-order chi connectivity index (χ0) is 19.0. The van der Waals surface area contributed by atoms with Gasteiger partial charge in [0, 0.05) is 29.5 Å². The lowest BCUT2D eigenvalue weighted by molar-refractivity contribution is -0.120. The van der Waals surface area contributed by atoms with E-state index in [1.54, 1.807) is 0 Å². The van der Waals surface area contributed by atoms with Gasteiger partial charge in [-0.15, -0.1) is 0 Å². The molecule has 9 heteroatoms. The summed E-state index contributed by atoms with van der Waals surface area (Å²) in [6, 6.07) is 7.12.